The number of benzene rings is 1. The van der Waals surface area contributed by atoms with E-state index in [9.17, 15) is 9.59 Å². The maximum absolute atomic E-state index is 11.8. The molecule has 1 heterocycles. The molecule has 1 saturated heterocycles. The average Bonchev–Trinajstić information content (AvgIpc) is 2.76. The number of carbonyl (C=O) groups is 2. The van der Waals surface area contributed by atoms with Crippen molar-refractivity contribution in [1.29, 1.82) is 0 Å². The van der Waals surface area contributed by atoms with Crippen molar-refractivity contribution in [3.8, 4) is 0 Å². The third kappa shape index (κ3) is 4.11. The second kappa shape index (κ2) is 5.63. The molecule has 1 fully saturated rings. The third-order valence-corrected chi connectivity index (χ3v) is 2.97. The summed E-state index contributed by atoms with van der Waals surface area (Å²) >= 11 is 0. The Morgan fingerprint density at radius 2 is 2.14 bits per heavy atom. The number of cyclic esters (lactones) is 1. The zero-order valence-electron chi connectivity index (χ0n) is 12.6. The number of hydrogen-bond acceptors (Lipinski definition) is 4. The van der Waals surface area contributed by atoms with Crippen molar-refractivity contribution in [2.45, 2.75) is 39.3 Å². The van der Waals surface area contributed by atoms with Crippen molar-refractivity contribution in [3.05, 3.63) is 29.3 Å². The van der Waals surface area contributed by atoms with Gasteiger partial charge in [-0.25, -0.2) is 9.59 Å². The molecule has 1 unspecified atom stereocenters. The molecular weight excluding hydrogens is 272 g/mol. The molecule has 1 atom stereocenters. The molecule has 0 aliphatic carbocycles. The average molecular weight is 292 g/mol. The Morgan fingerprint density at radius 3 is 2.71 bits per heavy atom. The van der Waals surface area contributed by atoms with Crippen LogP contribution in [0.3, 0.4) is 0 Å². The number of ether oxygens (including phenoxy) is 2. The highest BCUT2D eigenvalue weighted by molar-refractivity contribution is 5.86. The van der Waals surface area contributed by atoms with E-state index in [-0.39, 0.29) is 12.6 Å². The van der Waals surface area contributed by atoms with Crippen LogP contribution in [0.5, 0.6) is 0 Å². The van der Waals surface area contributed by atoms with E-state index in [4.69, 9.17) is 9.47 Å². The van der Waals surface area contributed by atoms with Crippen molar-refractivity contribution in [2.75, 3.05) is 11.9 Å². The number of carbonyl (C=O) groups excluding carboxylic acids is 2. The lowest BCUT2D eigenvalue weighted by molar-refractivity contribution is 0.0635. The first kappa shape index (κ1) is 15.2. The van der Waals surface area contributed by atoms with Gasteiger partial charge in [0.1, 0.15) is 12.2 Å². The SMILES string of the molecule is Cc1ccc(C2COC(=O)N2)cc1NC(=O)OC(C)(C)C. The van der Waals surface area contributed by atoms with Crippen LogP contribution in [0.15, 0.2) is 18.2 Å². The standard InChI is InChI=1S/C15H20N2O4/c1-9-5-6-10(12-8-20-13(18)17-12)7-11(9)16-14(19)21-15(2,3)4/h5-7,12H,8H2,1-4H3,(H,16,19)(H,17,18). The van der Waals surface area contributed by atoms with Crippen LogP contribution in [-0.2, 0) is 9.47 Å². The Hall–Kier alpha value is -2.24. The normalized spacial score (nSPS) is 17.9. The minimum absolute atomic E-state index is 0.197. The van der Waals surface area contributed by atoms with Crippen LogP contribution in [0.25, 0.3) is 0 Å². The quantitative estimate of drug-likeness (QED) is 0.878. The molecule has 6 heteroatoms. The molecule has 6 nitrogen and oxygen atoms in total. The smallest absolute Gasteiger partial charge is 0.412 e. The minimum atomic E-state index is -0.553. The number of hydrogen-bond donors (Lipinski definition) is 2. The van der Waals surface area contributed by atoms with Gasteiger partial charge in [0.2, 0.25) is 0 Å². The maximum atomic E-state index is 11.8. The van der Waals surface area contributed by atoms with Crippen LogP contribution in [0.1, 0.15) is 37.9 Å². The number of rotatable bonds is 2. The number of nitrogens with one attached hydrogen (secondary N) is 2. The number of amides is 2. The molecule has 1 aliphatic rings. The van der Waals surface area contributed by atoms with Gasteiger partial charge in [-0.15, -0.1) is 0 Å². The molecule has 0 bridgehead atoms. The fourth-order valence-corrected chi connectivity index (χ4v) is 1.97. The summed E-state index contributed by atoms with van der Waals surface area (Å²) in [6.07, 6.45) is -0.934. The van der Waals surface area contributed by atoms with Crippen LogP contribution in [0, 0.1) is 6.92 Å². The second-order valence-electron chi connectivity index (χ2n) is 6.00. The molecule has 1 aromatic rings. The Kier molecular flexibility index (Phi) is 4.06. The maximum Gasteiger partial charge on any atom is 0.412 e. The van der Waals surface area contributed by atoms with E-state index in [2.05, 4.69) is 10.6 Å². The van der Waals surface area contributed by atoms with E-state index in [1.54, 1.807) is 20.8 Å². The molecule has 2 amide bonds. The van der Waals surface area contributed by atoms with Crippen LogP contribution < -0.4 is 10.6 Å². The van der Waals surface area contributed by atoms with Crippen LogP contribution in [-0.4, -0.2) is 24.4 Å². The molecule has 1 aromatic carbocycles. The highest BCUT2D eigenvalue weighted by atomic mass is 16.6. The highest BCUT2D eigenvalue weighted by Crippen LogP contribution is 2.24. The predicted molar refractivity (Wildman–Crippen MR) is 78.3 cm³/mol. The van der Waals surface area contributed by atoms with Gasteiger partial charge in [0.05, 0.1) is 6.04 Å². The molecular formula is C15H20N2O4. The monoisotopic (exact) mass is 292 g/mol. The van der Waals surface area contributed by atoms with Crippen LogP contribution in [0.2, 0.25) is 0 Å². The van der Waals surface area contributed by atoms with Crippen molar-refractivity contribution < 1.29 is 19.1 Å². The van der Waals surface area contributed by atoms with Crippen LogP contribution in [0.4, 0.5) is 15.3 Å². The van der Waals surface area contributed by atoms with Crippen molar-refractivity contribution in [2.24, 2.45) is 0 Å². The van der Waals surface area contributed by atoms with Gasteiger partial charge in [-0.3, -0.25) is 5.32 Å². The second-order valence-corrected chi connectivity index (χ2v) is 6.00. The molecule has 21 heavy (non-hydrogen) atoms. The van der Waals surface area contributed by atoms with E-state index >= 15 is 0 Å². The molecule has 0 radical (unpaired) electrons. The Balaban J connectivity index is 2.12. The first-order valence-corrected chi connectivity index (χ1v) is 6.78. The molecule has 2 N–H and O–H groups in total. The summed E-state index contributed by atoms with van der Waals surface area (Å²) in [5.74, 6) is 0. The highest BCUT2D eigenvalue weighted by Gasteiger charge is 2.24. The summed E-state index contributed by atoms with van der Waals surface area (Å²) in [6.45, 7) is 7.59. The first-order chi connectivity index (χ1) is 9.74. The third-order valence-electron chi connectivity index (χ3n) is 2.97. The van der Waals surface area contributed by atoms with Gasteiger partial charge in [-0.05, 0) is 44.9 Å². The van der Waals surface area contributed by atoms with Gasteiger partial charge in [-0.1, -0.05) is 12.1 Å². The largest absolute Gasteiger partial charge is 0.447 e. The zero-order chi connectivity index (χ0) is 15.6. The van der Waals surface area contributed by atoms with E-state index in [0.29, 0.717) is 5.69 Å². The fraction of sp³-hybridized carbons (Fsp3) is 0.467. The van der Waals surface area contributed by atoms with Crippen molar-refractivity contribution >= 4 is 17.9 Å². The van der Waals surface area contributed by atoms with E-state index < -0.39 is 17.8 Å². The first-order valence-electron chi connectivity index (χ1n) is 6.78. The summed E-state index contributed by atoms with van der Waals surface area (Å²) in [5.41, 5.74) is 1.89. The van der Waals surface area contributed by atoms with Gasteiger partial charge < -0.3 is 14.8 Å². The summed E-state index contributed by atoms with van der Waals surface area (Å²) in [7, 11) is 0. The molecule has 0 saturated carbocycles. The van der Waals surface area contributed by atoms with E-state index in [1.807, 2.05) is 25.1 Å². The molecule has 114 valence electrons. The van der Waals surface area contributed by atoms with Gasteiger partial charge in [0.25, 0.3) is 0 Å². The summed E-state index contributed by atoms with van der Waals surface area (Å²) in [5, 5.41) is 5.43. The lowest BCUT2D eigenvalue weighted by atomic mass is 10.0. The van der Waals surface area contributed by atoms with E-state index in [1.165, 1.54) is 0 Å². The van der Waals surface area contributed by atoms with Gasteiger partial charge in [0.15, 0.2) is 0 Å². The molecule has 2 rings (SSSR count). The Labute approximate surface area is 123 Å². The Morgan fingerprint density at radius 1 is 1.43 bits per heavy atom. The Bertz CT molecular complexity index is 563. The topological polar surface area (TPSA) is 76.7 Å². The van der Waals surface area contributed by atoms with Gasteiger partial charge in [-0.2, -0.15) is 0 Å². The van der Waals surface area contributed by atoms with Gasteiger partial charge >= 0.3 is 12.2 Å². The lowest BCUT2D eigenvalue weighted by Gasteiger charge is -2.20. The zero-order valence-corrected chi connectivity index (χ0v) is 12.6. The summed E-state index contributed by atoms with van der Waals surface area (Å²) in [6, 6.07) is 5.40. The predicted octanol–water partition coefficient (Wildman–Crippen LogP) is 3.12. The minimum Gasteiger partial charge on any atom is -0.447 e. The number of alkyl carbamates (subject to hydrolysis) is 1. The molecule has 1 aliphatic heterocycles. The van der Waals surface area contributed by atoms with Crippen molar-refractivity contribution in [3.63, 3.8) is 0 Å². The lowest BCUT2D eigenvalue weighted by Crippen LogP contribution is -2.27. The molecule has 0 aromatic heterocycles. The van der Waals surface area contributed by atoms with E-state index in [0.717, 1.165) is 11.1 Å². The van der Waals surface area contributed by atoms with Gasteiger partial charge in [0, 0.05) is 5.69 Å². The summed E-state index contributed by atoms with van der Waals surface area (Å²) < 4.78 is 10.1. The number of anilines is 1. The molecule has 0 spiro atoms. The number of aryl methyl sites for hydroxylation is 1. The fourth-order valence-electron chi connectivity index (χ4n) is 1.97. The van der Waals surface area contributed by atoms with Crippen molar-refractivity contribution in [1.82, 2.24) is 5.32 Å². The van der Waals surface area contributed by atoms with Crippen LogP contribution >= 0.6 is 0 Å². The summed E-state index contributed by atoms with van der Waals surface area (Å²) in [4.78, 5) is 22.9.